The average Bonchev–Trinajstić information content (AvgIpc) is 2.31. The predicted octanol–water partition coefficient (Wildman–Crippen LogP) is 5.57. The molecule has 2 fully saturated rings. The van der Waals surface area contributed by atoms with Crippen LogP contribution < -0.4 is 0 Å². The quantitative estimate of drug-likeness (QED) is 0.585. The molecule has 0 atom stereocenters. The first-order valence-corrected chi connectivity index (χ1v) is 14.5. The number of hydrogen-bond donors (Lipinski definition) is 0. The van der Waals surface area contributed by atoms with Crippen LogP contribution >= 0.6 is 20.0 Å². The average molecular weight is 310 g/mol. The van der Waals surface area contributed by atoms with Gasteiger partial charge in [0.15, 0.2) is 0 Å². The van der Waals surface area contributed by atoms with Crippen LogP contribution in [0.2, 0.25) is 9.50 Å². The molecule has 0 spiro atoms. The van der Waals surface area contributed by atoms with Gasteiger partial charge in [-0.1, -0.05) is 0 Å². The number of rotatable bonds is 2. The van der Waals surface area contributed by atoms with Crippen LogP contribution in [0.5, 0.6) is 0 Å². The van der Waals surface area contributed by atoms with E-state index in [-0.39, 0.29) is 0 Å². The van der Waals surface area contributed by atoms with Crippen LogP contribution in [0.3, 0.4) is 0 Å². The zero-order valence-corrected chi connectivity index (χ0v) is 13.1. The van der Waals surface area contributed by atoms with Crippen LogP contribution in [0.25, 0.3) is 0 Å². The van der Waals surface area contributed by atoms with Crippen molar-refractivity contribution < 1.29 is 0 Å². The van der Waals surface area contributed by atoms with Crippen LogP contribution in [-0.2, 0) is 0 Å². The van der Waals surface area contributed by atoms with Crippen LogP contribution in [-0.4, -0.2) is 11.4 Å². The summed E-state index contributed by atoms with van der Waals surface area (Å²) >= 11 is -2.50. The third-order valence-electron chi connectivity index (χ3n) is 4.30. The van der Waals surface area contributed by atoms with Gasteiger partial charge in [0.05, 0.1) is 0 Å². The van der Waals surface area contributed by atoms with Crippen molar-refractivity contribution >= 4 is 31.4 Å². The Morgan fingerprint density at radius 2 is 0.933 bits per heavy atom. The molecule has 2 aliphatic rings. The van der Waals surface area contributed by atoms with Gasteiger partial charge in [0.25, 0.3) is 0 Å². The summed E-state index contributed by atoms with van der Waals surface area (Å²) in [7, 11) is 13.7. The summed E-state index contributed by atoms with van der Waals surface area (Å²) in [5.74, 6) is 0. The standard InChI is InChI=1S/C12H22Cl2Ge/c13-15(14,11-7-3-1-4-8-11)12-9-5-2-6-10-12/h11-12H,1-10H2. The monoisotopic (exact) mass is 310 g/mol. The second-order valence-electron chi connectivity index (χ2n) is 5.34. The first kappa shape index (κ1) is 12.6. The summed E-state index contributed by atoms with van der Waals surface area (Å²) in [5.41, 5.74) is 0. The molecule has 3 heteroatoms. The van der Waals surface area contributed by atoms with Gasteiger partial charge in [-0.3, -0.25) is 0 Å². The third kappa shape index (κ3) is 3.07. The van der Waals surface area contributed by atoms with E-state index in [1.54, 1.807) is 0 Å². The van der Waals surface area contributed by atoms with E-state index in [0.29, 0.717) is 0 Å². The Bertz CT molecular complexity index is 174. The Kier molecular flexibility index (Phi) is 4.73. The fourth-order valence-corrected chi connectivity index (χ4v) is 14.2. The Hall–Kier alpha value is 1.12. The van der Waals surface area contributed by atoms with E-state index in [4.69, 9.17) is 20.0 Å². The van der Waals surface area contributed by atoms with Gasteiger partial charge in [-0.2, -0.15) is 0 Å². The second-order valence-corrected chi connectivity index (χ2v) is 19.1. The zero-order chi connectivity index (χ0) is 10.7. The molecule has 15 heavy (non-hydrogen) atoms. The molecule has 0 unspecified atom stereocenters. The molecule has 2 rings (SSSR count). The Morgan fingerprint density at radius 3 is 1.27 bits per heavy atom. The van der Waals surface area contributed by atoms with Gasteiger partial charge in [-0.25, -0.2) is 0 Å². The Morgan fingerprint density at radius 1 is 0.600 bits per heavy atom. The van der Waals surface area contributed by atoms with Crippen molar-refractivity contribution in [2.75, 3.05) is 0 Å². The molecule has 0 amide bonds. The molecule has 0 aromatic carbocycles. The summed E-state index contributed by atoms with van der Waals surface area (Å²) < 4.78 is 1.51. The summed E-state index contributed by atoms with van der Waals surface area (Å²) in [5, 5.41) is 0. The summed E-state index contributed by atoms with van der Waals surface area (Å²) in [6.45, 7) is 0. The van der Waals surface area contributed by atoms with E-state index >= 15 is 0 Å². The van der Waals surface area contributed by atoms with Crippen molar-refractivity contribution in [3.63, 3.8) is 0 Å². The maximum atomic E-state index is 6.85. The molecular weight excluding hydrogens is 288 g/mol. The molecule has 0 bridgehead atoms. The van der Waals surface area contributed by atoms with Gasteiger partial charge >= 0.3 is 105 Å². The molecule has 0 aliphatic heterocycles. The number of hydrogen-bond acceptors (Lipinski definition) is 0. The van der Waals surface area contributed by atoms with Crippen LogP contribution in [0.15, 0.2) is 0 Å². The van der Waals surface area contributed by atoms with Crippen LogP contribution in [0, 0.1) is 0 Å². The Labute approximate surface area is 105 Å². The van der Waals surface area contributed by atoms with Crippen molar-refractivity contribution in [2.24, 2.45) is 0 Å². The number of halogens is 2. The van der Waals surface area contributed by atoms with E-state index in [1.165, 1.54) is 64.2 Å². The van der Waals surface area contributed by atoms with Gasteiger partial charge in [0.2, 0.25) is 0 Å². The SMILES string of the molecule is [Cl][Ge]([Cl])([CH]1CCCCC1)[CH]1CCCCC1. The minimum atomic E-state index is -2.50. The van der Waals surface area contributed by atoms with E-state index < -0.39 is 11.4 Å². The van der Waals surface area contributed by atoms with Gasteiger partial charge in [-0.05, 0) is 0 Å². The third-order valence-corrected chi connectivity index (χ3v) is 17.7. The molecule has 0 radical (unpaired) electrons. The van der Waals surface area contributed by atoms with Crippen LogP contribution in [0.4, 0.5) is 0 Å². The first-order chi connectivity index (χ1) is 7.21. The summed E-state index contributed by atoms with van der Waals surface area (Å²) in [4.78, 5) is 0. The van der Waals surface area contributed by atoms with E-state index in [1.807, 2.05) is 0 Å². The topological polar surface area (TPSA) is 0 Å². The minimum absolute atomic E-state index is 0.755. The zero-order valence-electron chi connectivity index (χ0n) is 9.48. The predicted molar refractivity (Wildman–Crippen MR) is 71.1 cm³/mol. The molecule has 0 nitrogen and oxygen atoms in total. The van der Waals surface area contributed by atoms with Gasteiger partial charge in [0.1, 0.15) is 0 Å². The normalized spacial score (nSPS) is 26.8. The van der Waals surface area contributed by atoms with Crippen LogP contribution in [0.1, 0.15) is 64.2 Å². The fourth-order valence-electron chi connectivity index (χ4n) is 3.31. The first-order valence-electron chi connectivity index (χ1n) is 6.59. The molecule has 0 heterocycles. The van der Waals surface area contributed by atoms with Gasteiger partial charge in [0, 0.05) is 0 Å². The summed E-state index contributed by atoms with van der Waals surface area (Å²) in [6.07, 6.45) is 13.7. The van der Waals surface area contributed by atoms with Crippen molar-refractivity contribution in [1.82, 2.24) is 0 Å². The van der Waals surface area contributed by atoms with Crippen molar-refractivity contribution in [1.29, 1.82) is 0 Å². The van der Waals surface area contributed by atoms with Gasteiger partial charge < -0.3 is 0 Å². The molecule has 0 aromatic rings. The molecule has 0 N–H and O–H groups in total. The van der Waals surface area contributed by atoms with Crippen molar-refractivity contribution in [3.8, 4) is 0 Å². The molecule has 88 valence electrons. The van der Waals surface area contributed by atoms with Crippen molar-refractivity contribution in [3.05, 3.63) is 0 Å². The second kappa shape index (κ2) is 5.64. The maximum absolute atomic E-state index is 6.85. The van der Waals surface area contributed by atoms with Crippen molar-refractivity contribution in [2.45, 2.75) is 73.7 Å². The van der Waals surface area contributed by atoms with Gasteiger partial charge in [-0.15, -0.1) is 0 Å². The molecule has 2 saturated carbocycles. The Balaban J connectivity index is 1.96. The van der Waals surface area contributed by atoms with E-state index in [9.17, 15) is 0 Å². The molecule has 2 aliphatic carbocycles. The molecule has 0 saturated heterocycles. The summed E-state index contributed by atoms with van der Waals surface area (Å²) in [6, 6.07) is 0. The van der Waals surface area contributed by atoms with E-state index in [0.717, 1.165) is 9.50 Å². The molecular formula is C12H22Cl2Ge. The van der Waals surface area contributed by atoms with E-state index in [2.05, 4.69) is 0 Å². The fraction of sp³-hybridized carbons (Fsp3) is 1.00. The molecule has 0 aromatic heterocycles.